The first-order valence-electron chi connectivity index (χ1n) is 7.31. The van der Waals surface area contributed by atoms with Gasteiger partial charge in [-0.25, -0.2) is 8.42 Å². The third-order valence-electron chi connectivity index (χ3n) is 3.84. The summed E-state index contributed by atoms with van der Waals surface area (Å²) in [7, 11) is -3.15. The molecule has 1 aromatic rings. The van der Waals surface area contributed by atoms with Crippen LogP contribution in [0.2, 0.25) is 0 Å². The molecule has 1 aromatic carbocycles. The molecule has 21 heavy (non-hydrogen) atoms. The maximum absolute atomic E-state index is 12.0. The Morgan fingerprint density at radius 1 is 1.24 bits per heavy atom. The predicted octanol–water partition coefficient (Wildman–Crippen LogP) is 2.20. The number of nitrogens with one attached hydrogen (secondary N) is 1. The minimum atomic E-state index is -3.15. The normalized spacial score (nSPS) is 16.0. The van der Waals surface area contributed by atoms with Gasteiger partial charge in [-0.2, -0.15) is 0 Å². The molecule has 1 aliphatic carbocycles. The number of hydrogen-bond acceptors (Lipinski definition) is 4. The lowest BCUT2D eigenvalue weighted by Crippen LogP contribution is -2.22. The summed E-state index contributed by atoms with van der Waals surface area (Å²) in [5, 5.41) is 2.65. The highest BCUT2D eigenvalue weighted by Gasteiger charge is 2.23. The molecule has 6 heteroatoms. The number of rotatable bonds is 6. The van der Waals surface area contributed by atoms with Gasteiger partial charge in [0.25, 0.3) is 0 Å². The summed E-state index contributed by atoms with van der Waals surface area (Å²) in [5.41, 5.74) is 6.72. The zero-order chi connectivity index (χ0) is 15.3. The molecule has 1 saturated carbocycles. The van der Waals surface area contributed by atoms with Crippen LogP contribution >= 0.6 is 0 Å². The Morgan fingerprint density at radius 3 is 2.57 bits per heavy atom. The summed E-state index contributed by atoms with van der Waals surface area (Å²) in [4.78, 5) is 11.8. The van der Waals surface area contributed by atoms with Crippen molar-refractivity contribution in [3.8, 4) is 0 Å². The van der Waals surface area contributed by atoms with Crippen molar-refractivity contribution in [2.45, 2.75) is 32.1 Å². The molecule has 0 bridgehead atoms. The second-order valence-electron chi connectivity index (χ2n) is 5.65. The molecule has 0 unspecified atom stereocenters. The molecule has 0 heterocycles. The summed E-state index contributed by atoms with van der Waals surface area (Å²) < 4.78 is 24.0. The topological polar surface area (TPSA) is 89.3 Å². The monoisotopic (exact) mass is 310 g/mol. The number of anilines is 2. The smallest absolute Gasteiger partial charge is 0.225 e. The Kier molecular flexibility index (Phi) is 5.22. The Morgan fingerprint density at radius 2 is 1.90 bits per heavy atom. The standard InChI is InChI=1S/C15H22N2O3S/c16-13-7-3-4-8-14(13)17-15(18)9-10-21(19,20)11-12-5-1-2-6-12/h3-4,7-8,12H,1-2,5-6,9-11,16H2,(H,17,18). The van der Waals surface area contributed by atoms with E-state index in [1.807, 2.05) is 0 Å². The third-order valence-corrected chi connectivity index (χ3v) is 5.64. The van der Waals surface area contributed by atoms with Gasteiger partial charge in [0.15, 0.2) is 9.84 Å². The highest BCUT2D eigenvalue weighted by atomic mass is 32.2. The van der Waals surface area contributed by atoms with Gasteiger partial charge in [-0.15, -0.1) is 0 Å². The largest absolute Gasteiger partial charge is 0.397 e. The number of amides is 1. The average molecular weight is 310 g/mol. The third kappa shape index (κ3) is 5.04. The Bertz CT molecular complexity index is 593. The zero-order valence-electron chi connectivity index (χ0n) is 12.0. The van der Waals surface area contributed by atoms with E-state index in [1.165, 1.54) is 0 Å². The highest BCUT2D eigenvalue weighted by Crippen LogP contribution is 2.26. The van der Waals surface area contributed by atoms with Gasteiger partial charge in [0.05, 0.1) is 22.9 Å². The number of nitrogen functional groups attached to an aromatic ring is 1. The molecule has 3 N–H and O–H groups in total. The van der Waals surface area contributed by atoms with Crippen LogP contribution in [-0.2, 0) is 14.6 Å². The molecule has 1 fully saturated rings. The van der Waals surface area contributed by atoms with Gasteiger partial charge in [0, 0.05) is 6.42 Å². The summed E-state index contributed by atoms with van der Waals surface area (Å²) >= 11 is 0. The van der Waals surface area contributed by atoms with Crippen LogP contribution in [0.25, 0.3) is 0 Å². The number of sulfone groups is 1. The molecule has 5 nitrogen and oxygen atoms in total. The van der Waals surface area contributed by atoms with E-state index in [0.29, 0.717) is 11.4 Å². The van der Waals surface area contributed by atoms with E-state index in [1.54, 1.807) is 24.3 Å². The van der Waals surface area contributed by atoms with E-state index in [9.17, 15) is 13.2 Å². The van der Waals surface area contributed by atoms with E-state index in [-0.39, 0.29) is 29.8 Å². The van der Waals surface area contributed by atoms with Gasteiger partial charge in [-0.1, -0.05) is 25.0 Å². The lowest BCUT2D eigenvalue weighted by Gasteiger charge is -2.10. The molecule has 0 radical (unpaired) electrons. The van der Waals surface area contributed by atoms with Crippen LogP contribution in [0.15, 0.2) is 24.3 Å². The zero-order valence-corrected chi connectivity index (χ0v) is 12.9. The number of nitrogens with two attached hydrogens (primary N) is 1. The van der Waals surface area contributed by atoms with Crippen LogP contribution in [0.3, 0.4) is 0 Å². The summed E-state index contributed by atoms with van der Waals surface area (Å²) in [5.74, 6) is 0.0845. The maximum atomic E-state index is 12.0. The lowest BCUT2D eigenvalue weighted by molar-refractivity contribution is -0.115. The Hall–Kier alpha value is -1.56. The molecule has 0 saturated heterocycles. The van der Waals surface area contributed by atoms with E-state index >= 15 is 0 Å². The highest BCUT2D eigenvalue weighted by molar-refractivity contribution is 7.91. The molecular weight excluding hydrogens is 288 g/mol. The number of carbonyl (C=O) groups is 1. The van der Waals surface area contributed by atoms with Crippen molar-refractivity contribution in [1.82, 2.24) is 0 Å². The fourth-order valence-corrected chi connectivity index (χ4v) is 4.41. The number of carbonyl (C=O) groups excluding carboxylic acids is 1. The summed E-state index contributed by atoms with van der Waals surface area (Å²) in [6.07, 6.45) is 4.20. The Labute approximate surface area is 125 Å². The predicted molar refractivity (Wildman–Crippen MR) is 84.7 cm³/mol. The van der Waals surface area contributed by atoms with Crippen LogP contribution < -0.4 is 11.1 Å². The number of para-hydroxylation sites is 2. The fraction of sp³-hybridized carbons (Fsp3) is 0.533. The van der Waals surface area contributed by atoms with E-state index in [2.05, 4.69) is 5.32 Å². The lowest BCUT2D eigenvalue weighted by atomic mass is 10.1. The van der Waals surface area contributed by atoms with Gasteiger partial charge < -0.3 is 11.1 Å². The molecule has 116 valence electrons. The molecule has 0 spiro atoms. The SMILES string of the molecule is Nc1ccccc1NC(=O)CCS(=O)(=O)CC1CCCC1. The van der Waals surface area contributed by atoms with E-state index in [0.717, 1.165) is 25.7 Å². The fourth-order valence-electron chi connectivity index (χ4n) is 2.69. The van der Waals surface area contributed by atoms with Crippen molar-refractivity contribution in [3.05, 3.63) is 24.3 Å². The molecule has 1 aliphatic rings. The first-order chi connectivity index (χ1) is 9.96. The maximum Gasteiger partial charge on any atom is 0.225 e. The van der Waals surface area contributed by atoms with Crippen LogP contribution in [0.4, 0.5) is 11.4 Å². The summed E-state index contributed by atoms with van der Waals surface area (Å²) in [6.45, 7) is 0. The van der Waals surface area contributed by atoms with Gasteiger partial charge >= 0.3 is 0 Å². The van der Waals surface area contributed by atoms with Crippen molar-refractivity contribution in [1.29, 1.82) is 0 Å². The van der Waals surface area contributed by atoms with Crippen molar-refractivity contribution < 1.29 is 13.2 Å². The van der Waals surface area contributed by atoms with Crippen LogP contribution in [0, 0.1) is 5.92 Å². The van der Waals surface area contributed by atoms with Crippen molar-refractivity contribution >= 4 is 27.1 Å². The first kappa shape index (κ1) is 15.8. The first-order valence-corrected chi connectivity index (χ1v) is 9.13. The van der Waals surface area contributed by atoms with Crippen molar-refractivity contribution in [3.63, 3.8) is 0 Å². The molecular formula is C15H22N2O3S. The molecule has 0 aliphatic heterocycles. The van der Waals surface area contributed by atoms with Gasteiger partial charge in [0.1, 0.15) is 0 Å². The number of hydrogen-bond donors (Lipinski definition) is 2. The average Bonchev–Trinajstić information content (AvgIpc) is 2.91. The van der Waals surface area contributed by atoms with Crippen molar-refractivity contribution in [2.75, 3.05) is 22.6 Å². The number of benzene rings is 1. The van der Waals surface area contributed by atoms with E-state index in [4.69, 9.17) is 5.73 Å². The van der Waals surface area contributed by atoms with Crippen LogP contribution in [0.5, 0.6) is 0 Å². The van der Waals surface area contributed by atoms with E-state index < -0.39 is 9.84 Å². The molecule has 0 atom stereocenters. The molecule has 1 amide bonds. The second kappa shape index (κ2) is 6.93. The van der Waals surface area contributed by atoms with Crippen LogP contribution in [0.1, 0.15) is 32.1 Å². The molecule has 2 rings (SSSR count). The second-order valence-corrected chi connectivity index (χ2v) is 7.88. The van der Waals surface area contributed by atoms with Crippen LogP contribution in [-0.4, -0.2) is 25.8 Å². The quantitative estimate of drug-likeness (QED) is 0.788. The van der Waals surface area contributed by atoms with Crippen molar-refractivity contribution in [2.24, 2.45) is 5.92 Å². The van der Waals surface area contributed by atoms with Gasteiger partial charge in [-0.3, -0.25) is 4.79 Å². The molecule has 0 aromatic heterocycles. The van der Waals surface area contributed by atoms with Gasteiger partial charge in [0.2, 0.25) is 5.91 Å². The minimum Gasteiger partial charge on any atom is -0.397 e. The Balaban J connectivity index is 1.81. The summed E-state index contributed by atoms with van der Waals surface area (Å²) in [6, 6.07) is 6.92. The minimum absolute atomic E-state index is 0.0244. The van der Waals surface area contributed by atoms with Gasteiger partial charge in [-0.05, 0) is 30.9 Å².